The van der Waals surface area contributed by atoms with Crippen LogP contribution < -0.4 is 0 Å². The molecule has 1 aromatic rings. The summed E-state index contributed by atoms with van der Waals surface area (Å²) >= 11 is 0. The number of carbonyl (C=O) groups is 1. The minimum absolute atomic E-state index is 0.0207. The zero-order valence-electron chi connectivity index (χ0n) is 11.5. The third kappa shape index (κ3) is 3.40. The van der Waals surface area contributed by atoms with Crippen molar-refractivity contribution < 1.29 is 4.79 Å². The van der Waals surface area contributed by atoms with Gasteiger partial charge < -0.3 is 4.90 Å². The number of carbonyl (C=O) groups excluding carboxylic acids is 1. The van der Waals surface area contributed by atoms with Crippen molar-refractivity contribution in [1.29, 1.82) is 0 Å². The maximum atomic E-state index is 12.4. The molecule has 0 fully saturated rings. The minimum Gasteiger partial charge on any atom is -0.305 e. The van der Waals surface area contributed by atoms with Gasteiger partial charge in [0.1, 0.15) is 0 Å². The standard InChI is InChI=1S/C15H23NO/c1-11(2)14(16(4)5)12(3)15(17)13-9-7-6-8-10-13/h6-12,14H,1-5H3/t12-,14+/m0/s1. The predicted molar refractivity (Wildman–Crippen MR) is 72.2 cm³/mol. The smallest absolute Gasteiger partial charge is 0.167 e. The highest BCUT2D eigenvalue weighted by molar-refractivity contribution is 5.98. The summed E-state index contributed by atoms with van der Waals surface area (Å²) in [7, 11) is 4.08. The monoisotopic (exact) mass is 233 g/mol. The maximum absolute atomic E-state index is 12.4. The van der Waals surface area contributed by atoms with Crippen LogP contribution in [0.25, 0.3) is 0 Å². The van der Waals surface area contributed by atoms with E-state index in [1.54, 1.807) is 0 Å². The summed E-state index contributed by atoms with van der Waals surface area (Å²) < 4.78 is 0. The highest BCUT2D eigenvalue weighted by atomic mass is 16.1. The largest absolute Gasteiger partial charge is 0.305 e. The molecular formula is C15H23NO. The summed E-state index contributed by atoms with van der Waals surface area (Å²) in [6.45, 7) is 6.36. The summed E-state index contributed by atoms with van der Waals surface area (Å²) in [6, 6.07) is 9.84. The summed E-state index contributed by atoms with van der Waals surface area (Å²) in [4.78, 5) is 14.5. The topological polar surface area (TPSA) is 20.3 Å². The fourth-order valence-electron chi connectivity index (χ4n) is 2.64. The van der Waals surface area contributed by atoms with Crippen LogP contribution in [0.15, 0.2) is 30.3 Å². The third-order valence-electron chi connectivity index (χ3n) is 3.26. The summed E-state index contributed by atoms with van der Waals surface area (Å²) in [6.07, 6.45) is 0. The van der Waals surface area contributed by atoms with Crippen molar-refractivity contribution in [3.63, 3.8) is 0 Å². The number of benzene rings is 1. The molecular weight excluding hydrogens is 210 g/mol. The van der Waals surface area contributed by atoms with Gasteiger partial charge in [0, 0.05) is 17.5 Å². The van der Waals surface area contributed by atoms with Crippen molar-refractivity contribution in [2.24, 2.45) is 11.8 Å². The zero-order chi connectivity index (χ0) is 13.0. The summed E-state index contributed by atoms with van der Waals surface area (Å²) in [5, 5.41) is 0. The SMILES string of the molecule is CC(C)[C@H]([C@H](C)C(=O)c1ccccc1)N(C)C. The molecule has 0 aromatic heterocycles. The van der Waals surface area contributed by atoms with E-state index in [0.29, 0.717) is 5.92 Å². The van der Waals surface area contributed by atoms with E-state index in [9.17, 15) is 4.79 Å². The Labute approximate surface area is 105 Å². The maximum Gasteiger partial charge on any atom is 0.167 e. The molecule has 17 heavy (non-hydrogen) atoms. The molecule has 0 spiro atoms. The van der Waals surface area contributed by atoms with Gasteiger partial charge in [-0.2, -0.15) is 0 Å². The molecule has 0 aliphatic rings. The van der Waals surface area contributed by atoms with Crippen molar-refractivity contribution in [1.82, 2.24) is 4.90 Å². The predicted octanol–water partition coefficient (Wildman–Crippen LogP) is 3.09. The minimum atomic E-state index is 0.0207. The van der Waals surface area contributed by atoms with E-state index in [0.717, 1.165) is 5.56 Å². The highest BCUT2D eigenvalue weighted by Crippen LogP contribution is 2.21. The number of nitrogens with zero attached hydrogens (tertiary/aromatic N) is 1. The Hall–Kier alpha value is -1.15. The van der Waals surface area contributed by atoms with Gasteiger partial charge in [-0.1, -0.05) is 51.1 Å². The van der Waals surface area contributed by atoms with Crippen LogP contribution >= 0.6 is 0 Å². The van der Waals surface area contributed by atoms with Crippen LogP contribution in [0.2, 0.25) is 0 Å². The second-order valence-electron chi connectivity index (χ2n) is 5.22. The number of hydrogen-bond acceptors (Lipinski definition) is 2. The van der Waals surface area contributed by atoms with E-state index in [-0.39, 0.29) is 17.7 Å². The molecule has 1 aromatic carbocycles. The van der Waals surface area contributed by atoms with Crippen molar-refractivity contribution in [3.05, 3.63) is 35.9 Å². The molecule has 0 amide bonds. The molecule has 0 bridgehead atoms. The molecule has 0 aliphatic heterocycles. The Morgan fingerprint density at radius 3 is 2.00 bits per heavy atom. The second-order valence-corrected chi connectivity index (χ2v) is 5.22. The van der Waals surface area contributed by atoms with Gasteiger partial charge in [0.05, 0.1) is 0 Å². The molecule has 0 aliphatic carbocycles. The van der Waals surface area contributed by atoms with Crippen molar-refractivity contribution in [2.75, 3.05) is 14.1 Å². The van der Waals surface area contributed by atoms with Crippen molar-refractivity contribution in [3.8, 4) is 0 Å². The van der Waals surface area contributed by atoms with Crippen LogP contribution in [0.1, 0.15) is 31.1 Å². The summed E-state index contributed by atoms with van der Waals surface area (Å²) in [5.74, 6) is 0.720. The lowest BCUT2D eigenvalue weighted by Crippen LogP contribution is -2.41. The molecule has 0 saturated heterocycles. The second kappa shape index (κ2) is 5.97. The molecule has 2 atom stereocenters. The van der Waals surface area contributed by atoms with E-state index in [2.05, 4.69) is 18.7 Å². The summed E-state index contributed by atoms with van der Waals surface area (Å²) in [5.41, 5.74) is 0.813. The first-order valence-electron chi connectivity index (χ1n) is 6.20. The van der Waals surface area contributed by atoms with E-state index in [1.165, 1.54) is 0 Å². The van der Waals surface area contributed by atoms with Crippen LogP contribution in [-0.2, 0) is 0 Å². The number of Topliss-reactive ketones (excluding diaryl/α,β-unsaturated/α-hetero) is 1. The van der Waals surface area contributed by atoms with Gasteiger partial charge in [0.15, 0.2) is 5.78 Å². The van der Waals surface area contributed by atoms with Gasteiger partial charge in [-0.25, -0.2) is 0 Å². The van der Waals surface area contributed by atoms with E-state index < -0.39 is 0 Å². The Morgan fingerprint density at radius 2 is 1.59 bits per heavy atom. The Kier molecular flexibility index (Phi) is 4.88. The lowest BCUT2D eigenvalue weighted by molar-refractivity contribution is 0.0804. The van der Waals surface area contributed by atoms with Gasteiger partial charge in [-0.15, -0.1) is 0 Å². The Balaban J connectivity index is 2.89. The molecule has 0 N–H and O–H groups in total. The molecule has 0 radical (unpaired) electrons. The fourth-order valence-corrected chi connectivity index (χ4v) is 2.64. The quantitative estimate of drug-likeness (QED) is 0.728. The van der Waals surface area contributed by atoms with E-state index >= 15 is 0 Å². The van der Waals surface area contributed by atoms with Gasteiger partial charge in [0.25, 0.3) is 0 Å². The lowest BCUT2D eigenvalue weighted by Gasteiger charge is -2.32. The van der Waals surface area contributed by atoms with Crippen LogP contribution in [-0.4, -0.2) is 30.8 Å². The third-order valence-corrected chi connectivity index (χ3v) is 3.26. The first-order valence-corrected chi connectivity index (χ1v) is 6.20. The van der Waals surface area contributed by atoms with Gasteiger partial charge in [-0.05, 0) is 20.0 Å². The normalized spacial score (nSPS) is 15.0. The molecule has 0 heterocycles. The van der Waals surface area contributed by atoms with Crippen LogP contribution in [0.5, 0.6) is 0 Å². The number of hydrogen-bond donors (Lipinski definition) is 0. The fraction of sp³-hybridized carbons (Fsp3) is 0.533. The van der Waals surface area contributed by atoms with Gasteiger partial charge >= 0.3 is 0 Å². The first-order chi connectivity index (χ1) is 7.95. The molecule has 2 heteroatoms. The highest BCUT2D eigenvalue weighted by Gasteiger charge is 2.28. The van der Waals surface area contributed by atoms with E-state index in [1.807, 2.05) is 51.4 Å². The van der Waals surface area contributed by atoms with Crippen molar-refractivity contribution >= 4 is 5.78 Å². The zero-order valence-corrected chi connectivity index (χ0v) is 11.5. The average molecular weight is 233 g/mol. The Bertz CT molecular complexity index is 348. The lowest BCUT2D eigenvalue weighted by atomic mass is 9.85. The average Bonchev–Trinajstić information content (AvgIpc) is 2.28. The number of rotatable bonds is 5. The Morgan fingerprint density at radius 1 is 1.06 bits per heavy atom. The van der Waals surface area contributed by atoms with E-state index in [4.69, 9.17) is 0 Å². The van der Waals surface area contributed by atoms with Crippen LogP contribution in [0.4, 0.5) is 0 Å². The molecule has 94 valence electrons. The van der Waals surface area contributed by atoms with Gasteiger partial charge in [0.2, 0.25) is 0 Å². The van der Waals surface area contributed by atoms with Crippen LogP contribution in [0, 0.1) is 11.8 Å². The first kappa shape index (κ1) is 13.9. The van der Waals surface area contributed by atoms with Crippen molar-refractivity contribution in [2.45, 2.75) is 26.8 Å². The molecule has 2 nitrogen and oxygen atoms in total. The van der Waals surface area contributed by atoms with Crippen LogP contribution in [0.3, 0.4) is 0 Å². The number of ketones is 1. The molecule has 1 rings (SSSR count). The van der Waals surface area contributed by atoms with Gasteiger partial charge in [-0.3, -0.25) is 4.79 Å². The molecule has 0 saturated carbocycles. The molecule has 0 unspecified atom stereocenters.